The van der Waals surface area contributed by atoms with Gasteiger partial charge in [0.05, 0.1) is 24.9 Å². The summed E-state index contributed by atoms with van der Waals surface area (Å²) in [4.78, 5) is 12.6. The maximum Gasteiger partial charge on any atom is 0.238 e. The molecule has 164 valence electrons. The van der Waals surface area contributed by atoms with Gasteiger partial charge in [0, 0.05) is 30.8 Å². The smallest absolute Gasteiger partial charge is 0.238 e. The van der Waals surface area contributed by atoms with Crippen molar-refractivity contribution in [2.75, 3.05) is 13.1 Å². The molecule has 1 saturated carbocycles. The predicted molar refractivity (Wildman–Crippen MR) is 115 cm³/mol. The number of benzene rings is 1. The summed E-state index contributed by atoms with van der Waals surface area (Å²) >= 11 is 0. The average Bonchev–Trinajstić information content (AvgIpc) is 3.52. The Kier molecular flexibility index (Phi) is 6.64. The molecule has 1 aliphatic heterocycles. The fraction of sp³-hybridized carbons (Fsp3) is 0.522. The Morgan fingerprint density at radius 2 is 2.29 bits per heavy atom. The van der Waals surface area contributed by atoms with Crippen LogP contribution >= 0.6 is 0 Å². The molecule has 0 spiro atoms. The first-order valence-corrected chi connectivity index (χ1v) is 11.1. The third-order valence-corrected chi connectivity index (χ3v) is 6.33. The number of carbonyl (C=O) groups excluding carboxylic acids is 1. The lowest BCUT2D eigenvalue weighted by Crippen LogP contribution is -2.50. The highest BCUT2D eigenvalue weighted by Crippen LogP contribution is 2.35. The SMILES string of the molecule is CCNCCn1cc(-c2ccc(C[C@@H](C#N)NC(=O)[C@H]3N[C@@H]4CC[C@H]3C4)c(F)c2)cn1. The summed E-state index contributed by atoms with van der Waals surface area (Å²) in [6, 6.07) is 6.51. The first-order valence-electron chi connectivity index (χ1n) is 11.1. The monoisotopic (exact) mass is 424 g/mol. The molecule has 1 aromatic carbocycles. The number of aromatic nitrogens is 2. The predicted octanol–water partition coefficient (Wildman–Crippen LogP) is 1.99. The van der Waals surface area contributed by atoms with Crippen molar-refractivity contribution in [2.24, 2.45) is 5.92 Å². The Labute approximate surface area is 182 Å². The van der Waals surface area contributed by atoms with Crippen LogP contribution in [0.4, 0.5) is 4.39 Å². The lowest BCUT2D eigenvalue weighted by atomic mass is 9.98. The largest absolute Gasteiger partial charge is 0.339 e. The number of nitriles is 1. The van der Waals surface area contributed by atoms with Crippen molar-refractivity contribution >= 4 is 5.91 Å². The van der Waals surface area contributed by atoms with Gasteiger partial charge in [0.1, 0.15) is 11.9 Å². The minimum absolute atomic E-state index is 0.136. The minimum atomic E-state index is -0.761. The van der Waals surface area contributed by atoms with E-state index >= 15 is 0 Å². The molecule has 31 heavy (non-hydrogen) atoms. The summed E-state index contributed by atoms with van der Waals surface area (Å²) in [5.41, 5.74) is 1.99. The number of nitrogens with one attached hydrogen (secondary N) is 3. The third-order valence-electron chi connectivity index (χ3n) is 6.33. The van der Waals surface area contributed by atoms with Gasteiger partial charge < -0.3 is 16.0 Å². The number of hydrogen-bond acceptors (Lipinski definition) is 5. The number of piperidine rings is 1. The lowest BCUT2D eigenvalue weighted by Gasteiger charge is -2.23. The van der Waals surface area contributed by atoms with E-state index in [0.717, 1.165) is 50.0 Å². The normalized spacial score (nSPS) is 22.9. The van der Waals surface area contributed by atoms with E-state index in [0.29, 0.717) is 17.5 Å². The highest BCUT2D eigenvalue weighted by molar-refractivity contribution is 5.83. The van der Waals surface area contributed by atoms with E-state index in [1.807, 2.05) is 16.9 Å². The topological polar surface area (TPSA) is 94.8 Å². The summed E-state index contributed by atoms with van der Waals surface area (Å²) in [5, 5.41) is 23.2. The number of hydrogen-bond donors (Lipinski definition) is 3. The molecular weight excluding hydrogens is 395 g/mol. The van der Waals surface area contributed by atoms with Gasteiger partial charge in [-0.1, -0.05) is 19.1 Å². The lowest BCUT2D eigenvalue weighted by molar-refractivity contribution is -0.124. The van der Waals surface area contributed by atoms with Gasteiger partial charge in [0.15, 0.2) is 0 Å². The van der Waals surface area contributed by atoms with Crippen molar-refractivity contribution in [2.45, 2.75) is 57.3 Å². The van der Waals surface area contributed by atoms with Crippen LogP contribution in [0.5, 0.6) is 0 Å². The van der Waals surface area contributed by atoms with E-state index in [-0.39, 0.29) is 24.2 Å². The van der Waals surface area contributed by atoms with E-state index in [9.17, 15) is 14.4 Å². The first-order chi connectivity index (χ1) is 15.1. The van der Waals surface area contributed by atoms with Gasteiger partial charge in [-0.15, -0.1) is 0 Å². The zero-order chi connectivity index (χ0) is 21.8. The maximum absolute atomic E-state index is 14.8. The zero-order valence-electron chi connectivity index (χ0n) is 17.8. The highest BCUT2D eigenvalue weighted by atomic mass is 19.1. The summed E-state index contributed by atoms with van der Waals surface area (Å²) in [6.07, 6.45) is 6.94. The number of rotatable bonds is 9. The summed E-state index contributed by atoms with van der Waals surface area (Å²) in [7, 11) is 0. The van der Waals surface area contributed by atoms with Crippen LogP contribution in [0.25, 0.3) is 11.1 Å². The van der Waals surface area contributed by atoms with Crippen molar-refractivity contribution in [3.8, 4) is 17.2 Å². The molecule has 2 aliphatic rings. The first kappa shape index (κ1) is 21.5. The number of amides is 1. The van der Waals surface area contributed by atoms with Crippen LogP contribution in [0.1, 0.15) is 31.7 Å². The summed E-state index contributed by atoms with van der Waals surface area (Å²) < 4.78 is 16.6. The van der Waals surface area contributed by atoms with Gasteiger partial charge in [-0.25, -0.2) is 4.39 Å². The fourth-order valence-electron chi connectivity index (χ4n) is 4.66. The number of fused-ring (bicyclic) bond motifs is 2. The van der Waals surface area contributed by atoms with Gasteiger partial charge in [0.2, 0.25) is 5.91 Å². The molecule has 0 unspecified atom stereocenters. The molecule has 1 saturated heterocycles. The molecule has 3 N–H and O–H groups in total. The highest BCUT2D eigenvalue weighted by Gasteiger charge is 2.43. The molecule has 2 aromatic rings. The van der Waals surface area contributed by atoms with Gasteiger partial charge in [0.25, 0.3) is 0 Å². The molecule has 1 amide bonds. The van der Waals surface area contributed by atoms with Crippen molar-refractivity contribution in [3.05, 3.63) is 42.0 Å². The fourth-order valence-corrected chi connectivity index (χ4v) is 4.66. The van der Waals surface area contributed by atoms with Crippen LogP contribution < -0.4 is 16.0 Å². The number of carbonyl (C=O) groups is 1. The second-order valence-electron chi connectivity index (χ2n) is 8.46. The Morgan fingerprint density at radius 3 is 2.97 bits per heavy atom. The van der Waals surface area contributed by atoms with Crippen molar-refractivity contribution in [1.29, 1.82) is 5.26 Å². The number of nitrogens with zero attached hydrogens (tertiary/aromatic N) is 3. The second kappa shape index (κ2) is 9.58. The molecular formula is C23H29FN6O. The van der Waals surface area contributed by atoms with Gasteiger partial charge >= 0.3 is 0 Å². The van der Waals surface area contributed by atoms with E-state index in [2.05, 4.69) is 34.0 Å². The van der Waals surface area contributed by atoms with Crippen LogP contribution in [-0.4, -0.2) is 46.9 Å². The molecule has 8 heteroatoms. The summed E-state index contributed by atoms with van der Waals surface area (Å²) in [6.45, 7) is 4.53. The van der Waals surface area contributed by atoms with E-state index in [1.165, 1.54) is 6.07 Å². The number of likely N-dealkylation sites (N-methyl/N-ethyl adjacent to an activating group) is 1. The van der Waals surface area contributed by atoms with E-state index in [4.69, 9.17) is 0 Å². The Bertz CT molecular complexity index is 967. The molecule has 4 rings (SSSR count). The van der Waals surface area contributed by atoms with Crippen molar-refractivity contribution < 1.29 is 9.18 Å². The quantitative estimate of drug-likeness (QED) is 0.535. The maximum atomic E-state index is 14.8. The number of halogens is 1. The van der Waals surface area contributed by atoms with Crippen LogP contribution in [0.2, 0.25) is 0 Å². The van der Waals surface area contributed by atoms with Gasteiger partial charge in [-0.2, -0.15) is 10.4 Å². The molecule has 0 radical (unpaired) electrons. The summed E-state index contributed by atoms with van der Waals surface area (Å²) in [5.74, 6) is -0.190. The molecule has 2 heterocycles. The molecule has 7 nitrogen and oxygen atoms in total. The Balaban J connectivity index is 1.37. The standard InChI is InChI=1S/C23H29FN6O/c1-2-26-7-8-30-14-18(13-27-30)15-3-4-16(21(24)11-15)9-20(12-25)29-23(31)22-17-5-6-19(10-17)28-22/h3-4,11,13-14,17,19-20,22,26,28H,2,5-10H2,1H3,(H,29,31)/t17-,19+,20-,22-/m0/s1. The third kappa shape index (κ3) is 4.94. The second-order valence-corrected chi connectivity index (χ2v) is 8.46. The molecule has 4 atom stereocenters. The minimum Gasteiger partial charge on any atom is -0.339 e. The van der Waals surface area contributed by atoms with E-state index in [1.54, 1.807) is 12.3 Å². The van der Waals surface area contributed by atoms with Crippen LogP contribution in [0.3, 0.4) is 0 Å². The Morgan fingerprint density at radius 1 is 1.42 bits per heavy atom. The molecule has 1 aliphatic carbocycles. The van der Waals surface area contributed by atoms with Crippen LogP contribution in [-0.2, 0) is 17.8 Å². The van der Waals surface area contributed by atoms with Crippen molar-refractivity contribution in [3.63, 3.8) is 0 Å². The molecule has 1 aromatic heterocycles. The average molecular weight is 425 g/mol. The zero-order valence-corrected chi connectivity index (χ0v) is 17.8. The van der Waals surface area contributed by atoms with Crippen LogP contribution in [0.15, 0.2) is 30.6 Å². The Hall–Kier alpha value is -2.76. The van der Waals surface area contributed by atoms with E-state index < -0.39 is 6.04 Å². The molecule has 2 bridgehead atoms. The van der Waals surface area contributed by atoms with Crippen molar-refractivity contribution in [1.82, 2.24) is 25.7 Å². The van der Waals surface area contributed by atoms with Gasteiger partial charge in [-0.3, -0.25) is 9.48 Å². The molecule has 2 fully saturated rings. The van der Waals surface area contributed by atoms with Gasteiger partial charge in [-0.05, 0) is 48.9 Å². The van der Waals surface area contributed by atoms with Crippen LogP contribution in [0, 0.1) is 23.1 Å².